The first kappa shape index (κ1) is 13.7. The first-order valence-corrected chi connectivity index (χ1v) is 6.93. The maximum absolute atomic E-state index is 10.1. The number of para-hydroxylation sites is 1. The molecule has 0 aliphatic rings. The number of hydrogen-bond donors (Lipinski definition) is 1. The van der Waals surface area contributed by atoms with Gasteiger partial charge in [-0.05, 0) is 12.5 Å². The molecule has 1 heterocycles. The Hall–Kier alpha value is -1.68. The van der Waals surface area contributed by atoms with Crippen molar-refractivity contribution in [3.63, 3.8) is 0 Å². The Morgan fingerprint density at radius 2 is 1.89 bits per heavy atom. The maximum Gasteiger partial charge on any atom is 0.151 e. The van der Waals surface area contributed by atoms with Gasteiger partial charge in [0.25, 0.3) is 0 Å². The van der Waals surface area contributed by atoms with E-state index in [1.165, 1.54) is 0 Å². The van der Waals surface area contributed by atoms with Crippen LogP contribution in [0.5, 0.6) is 0 Å². The molecule has 0 amide bonds. The third-order valence-electron chi connectivity index (χ3n) is 3.26. The normalized spacial score (nSPS) is 12.6. The Morgan fingerprint density at radius 1 is 1.16 bits per heavy atom. The molecule has 19 heavy (non-hydrogen) atoms. The van der Waals surface area contributed by atoms with Crippen LogP contribution in [0, 0.1) is 0 Å². The first-order chi connectivity index (χ1) is 9.21. The Labute approximate surface area is 114 Å². The predicted molar refractivity (Wildman–Crippen MR) is 75.4 cm³/mol. The summed E-state index contributed by atoms with van der Waals surface area (Å²) in [7, 11) is 0. The van der Waals surface area contributed by atoms with Crippen LogP contribution in [0.4, 0.5) is 0 Å². The van der Waals surface area contributed by atoms with Gasteiger partial charge in [-0.15, -0.1) is 0 Å². The van der Waals surface area contributed by atoms with Gasteiger partial charge in [0, 0.05) is 18.4 Å². The minimum Gasteiger partial charge on any atom is -0.388 e. The van der Waals surface area contributed by atoms with Gasteiger partial charge >= 0.3 is 0 Å². The molecule has 0 spiro atoms. The number of aliphatic hydroxyl groups is 1. The molecule has 102 valence electrons. The molecule has 1 atom stereocenters. The van der Waals surface area contributed by atoms with Gasteiger partial charge in [-0.25, -0.2) is 9.67 Å². The summed E-state index contributed by atoms with van der Waals surface area (Å²) in [4.78, 5) is 4.52. The SMILES string of the molecule is CCc1nc(CC)n(-c2ccccc2[C@@H](O)CC)n1. The second-order valence-electron chi connectivity index (χ2n) is 4.55. The van der Waals surface area contributed by atoms with Gasteiger partial charge in [0.1, 0.15) is 5.82 Å². The zero-order valence-corrected chi connectivity index (χ0v) is 11.8. The molecule has 0 aliphatic heterocycles. The molecule has 0 saturated heterocycles. The van der Waals surface area contributed by atoms with E-state index in [1.54, 1.807) is 0 Å². The monoisotopic (exact) mass is 259 g/mol. The van der Waals surface area contributed by atoms with E-state index in [0.29, 0.717) is 6.42 Å². The summed E-state index contributed by atoms with van der Waals surface area (Å²) in [6.07, 6.45) is 1.87. The van der Waals surface area contributed by atoms with E-state index in [-0.39, 0.29) is 0 Å². The quantitative estimate of drug-likeness (QED) is 0.898. The lowest BCUT2D eigenvalue weighted by atomic mass is 10.1. The van der Waals surface area contributed by atoms with E-state index in [9.17, 15) is 5.11 Å². The van der Waals surface area contributed by atoms with E-state index in [1.807, 2.05) is 42.8 Å². The van der Waals surface area contributed by atoms with Gasteiger partial charge in [-0.2, -0.15) is 5.10 Å². The van der Waals surface area contributed by atoms with Crippen LogP contribution in [0.25, 0.3) is 5.69 Å². The molecule has 2 aromatic rings. The van der Waals surface area contributed by atoms with Crippen LogP contribution in [0.2, 0.25) is 0 Å². The van der Waals surface area contributed by atoms with Crippen molar-refractivity contribution in [2.45, 2.75) is 46.1 Å². The molecule has 2 rings (SSSR count). The van der Waals surface area contributed by atoms with E-state index < -0.39 is 6.10 Å². The van der Waals surface area contributed by atoms with Crippen LogP contribution in [0.1, 0.15) is 50.5 Å². The van der Waals surface area contributed by atoms with E-state index in [2.05, 4.69) is 17.0 Å². The second kappa shape index (κ2) is 5.97. The number of rotatable bonds is 5. The van der Waals surface area contributed by atoms with Gasteiger partial charge in [0.2, 0.25) is 0 Å². The highest BCUT2D eigenvalue weighted by Crippen LogP contribution is 2.24. The van der Waals surface area contributed by atoms with Crippen LogP contribution in [-0.2, 0) is 12.8 Å². The first-order valence-electron chi connectivity index (χ1n) is 6.93. The van der Waals surface area contributed by atoms with Gasteiger partial charge in [0.05, 0.1) is 11.8 Å². The van der Waals surface area contributed by atoms with Crippen molar-refractivity contribution in [1.29, 1.82) is 0 Å². The molecular weight excluding hydrogens is 238 g/mol. The van der Waals surface area contributed by atoms with Crippen molar-refractivity contribution >= 4 is 0 Å². The summed E-state index contributed by atoms with van der Waals surface area (Å²) < 4.78 is 1.87. The third-order valence-corrected chi connectivity index (χ3v) is 3.26. The zero-order chi connectivity index (χ0) is 13.8. The van der Waals surface area contributed by atoms with E-state index in [0.717, 1.165) is 35.7 Å². The summed E-state index contributed by atoms with van der Waals surface area (Å²) in [6, 6.07) is 7.85. The summed E-state index contributed by atoms with van der Waals surface area (Å²) >= 11 is 0. The van der Waals surface area contributed by atoms with Crippen molar-refractivity contribution in [2.24, 2.45) is 0 Å². The van der Waals surface area contributed by atoms with Crippen molar-refractivity contribution in [3.05, 3.63) is 41.5 Å². The number of aromatic nitrogens is 3. The minimum atomic E-state index is -0.463. The lowest BCUT2D eigenvalue weighted by molar-refractivity contribution is 0.173. The number of benzene rings is 1. The summed E-state index contributed by atoms with van der Waals surface area (Å²) in [5, 5.41) is 14.7. The minimum absolute atomic E-state index is 0.463. The highest BCUT2D eigenvalue weighted by atomic mass is 16.3. The second-order valence-corrected chi connectivity index (χ2v) is 4.55. The lowest BCUT2D eigenvalue weighted by Gasteiger charge is -2.14. The Bertz CT molecular complexity index is 548. The summed E-state index contributed by atoms with van der Waals surface area (Å²) in [5.41, 5.74) is 1.84. The highest BCUT2D eigenvalue weighted by molar-refractivity contribution is 5.42. The van der Waals surface area contributed by atoms with Crippen LogP contribution < -0.4 is 0 Å². The lowest BCUT2D eigenvalue weighted by Crippen LogP contribution is -2.08. The summed E-state index contributed by atoms with van der Waals surface area (Å²) in [6.45, 7) is 6.09. The molecule has 0 radical (unpaired) electrons. The zero-order valence-electron chi connectivity index (χ0n) is 11.8. The molecule has 0 bridgehead atoms. The molecule has 0 aliphatic carbocycles. The fourth-order valence-electron chi connectivity index (χ4n) is 2.15. The van der Waals surface area contributed by atoms with Gasteiger partial charge in [-0.1, -0.05) is 39.0 Å². The van der Waals surface area contributed by atoms with Crippen molar-refractivity contribution in [2.75, 3.05) is 0 Å². The van der Waals surface area contributed by atoms with Crippen molar-refractivity contribution in [3.8, 4) is 5.69 Å². The largest absolute Gasteiger partial charge is 0.388 e. The molecule has 4 nitrogen and oxygen atoms in total. The molecule has 0 unspecified atom stereocenters. The number of aliphatic hydroxyl groups excluding tert-OH is 1. The maximum atomic E-state index is 10.1. The van der Waals surface area contributed by atoms with Crippen molar-refractivity contribution in [1.82, 2.24) is 14.8 Å². The fourth-order valence-corrected chi connectivity index (χ4v) is 2.15. The number of hydrogen-bond acceptors (Lipinski definition) is 3. The molecular formula is C15H21N3O. The Morgan fingerprint density at radius 3 is 2.53 bits per heavy atom. The average Bonchev–Trinajstić information content (AvgIpc) is 2.89. The fraction of sp³-hybridized carbons (Fsp3) is 0.467. The van der Waals surface area contributed by atoms with Crippen LogP contribution >= 0.6 is 0 Å². The van der Waals surface area contributed by atoms with Crippen molar-refractivity contribution < 1.29 is 5.11 Å². The standard InChI is InChI=1S/C15H21N3O/c1-4-13(19)11-9-7-8-10-12(11)18-15(6-3)16-14(5-2)17-18/h7-10,13,19H,4-6H2,1-3H3/t13-/m0/s1. The smallest absolute Gasteiger partial charge is 0.151 e. The van der Waals surface area contributed by atoms with Gasteiger partial charge < -0.3 is 5.11 Å². The highest BCUT2D eigenvalue weighted by Gasteiger charge is 2.15. The van der Waals surface area contributed by atoms with Crippen LogP contribution in [-0.4, -0.2) is 19.9 Å². The molecule has 0 fully saturated rings. The number of nitrogens with zero attached hydrogens (tertiary/aromatic N) is 3. The average molecular weight is 259 g/mol. The van der Waals surface area contributed by atoms with Crippen LogP contribution in [0.15, 0.2) is 24.3 Å². The Kier molecular flexibility index (Phi) is 4.32. The predicted octanol–water partition coefficient (Wildman–Crippen LogP) is 2.84. The third kappa shape index (κ3) is 2.68. The number of aryl methyl sites for hydroxylation is 2. The molecule has 4 heteroatoms. The topological polar surface area (TPSA) is 50.9 Å². The Balaban J connectivity index is 2.55. The van der Waals surface area contributed by atoms with Gasteiger partial charge in [0.15, 0.2) is 5.82 Å². The van der Waals surface area contributed by atoms with Gasteiger partial charge in [-0.3, -0.25) is 0 Å². The van der Waals surface area contributed by atoms with E-state index in [4.69, 9.17) is 0 Å². The van der Waals surface area contributed by atoms with E-state index >= 15 is 0 Å². The molecule has 1 aromatic heterocycles. The molecule has 1 N–H and O–H groups in total. The summed E-state index contributed by atoms with van der Waals surface area (Å²) in [5.74, 6) is 1.78. The van der Waals surface area contributed by atoms with Crippen LogP contribution in [0.3, 0.4) is 0 Å². The molecule has 0 saturated carbocycles. The molecule has 1 aromatic carbocycles.